The van der Waals surface area contributed by atoms with Crippen molar-refractivity contribution in [2.24, 2.45) is 23.0 Å². The summed E-state index contributed by atoms with van der Waals surface area (Å²) in [5.41, 5.74) is 9.66. The van der Waals surface area contributed by atoms with Crippen LogP contribution in [0.1, 0.15) is 53.4 Å². The smallest absolute Gasteiger partial charge is 0.148 e. The van der Waals surface area contributed by atoms with Gasteiger partial charge in [0.15, 0.2) is 0 Å². The van der Waals surface area contributed by atoms with Gasteiger partial charge in [-0.3, -0.25) is 0 Å². The monoisotopic (exact) mass is 421 g/mol. The molecule has 6 atom stereocenters. The number of nitrogens with one attached hydrogen (secondary N) is 2. The lowest BCUT2D eigenvalue weighted by atomic mass is 9.86. The van der Waals surface area contributed by atoms with E-state index in [9.17, 15) is 0 Å². The average Bonchev–Trinajstić information content (AvgIpc) is 3.23. The molecule has 1 saturated heterocycles. The molecule has 0 aromatic heterocycles. The van der Waals surface area contributed by atoms with Gasteiger partial charge in [0.05, 0.1) is 11.9 Å². The summed E-state index contributed by atoms with van der Waals surface area (Å²) >= 11 is 2.18. The molecule has 0 amide bonds. The van der Waals surface area contributed by atoms with Gasteiger partial charge in [0.25, 0.3) is 0 Å². The summed E-state index contributed by atoms with van der Waals surface area (Å²) < 4.78 is 11.5. The van der Waals surface area contributed by atoms with Crippen LogP contribution in [-0.2, 0) is 9.47 Å². The second-order valence-corrected chi connectivity index (χ2v) is 11.9. The van der Waals surface area contributed by atoms with E-state index in [1.807, 2.05) is 0 Å². The highest BCUT2D eigenvalue weighted by atomic mass is 32.2. The number of allylic oxidation sites excluding steroid dienone is 1. The molecule has 0 radical (unpaired) electrons. The lowest BCUT2D eigenvalue weighted by Crippen LogP contribution is -2.35. The van der Waals surface area contributed by atoms with Gasteiger partial charge in [-0.1, -0.05) is 32.4 Å². The second-order valence-electron chi connectivity index (χ2n) is 10.4. The zero-order valence-corrected chi connectivity index (χ0v) is 19.3. The first kappa shape index (κ1) is 21.5. The molecule has 6 heteroatoms. The Morgan fingerprint density at radius 3 is 2.93 bits per heavy atom. The normalized spacial score (nSPS) is 37.2. The molecule has 164 valence electrons. The highest BCUT2D eigenvalue weighted by Crippen LogP contribution is 2.50. The standard InChI is InChI=1S/C23H39N3O2S/c1-14-9-18-19(28-13-27-18)11-20(14)29-21-10-17-15(6-8-26-22(17)24)16(21)5-7-25-12-23(2,3)4/h9,15-16,18-21,25-26H,5-8,10-13,24H2,1-4H3. The molecule has 29 heavy (non-hydrogen) atoms. The van der Waals surface area contributed by atoms with Crippen molar-refractivity contribution in [2.75, 3.05) is 26.4 Å². The van der Waals surface area contributed by atoms with Crippen LogP contribution < -0.4 is 16.4 Å². The first-order valence-electron chi connectivity index (χ1n) is 11.3. The molecule has 2 fully saturated rings. The van der Waals surface area contributed by atoms with Crippen molar-refractivity contribution in [1.29, 1.82) is 0 Å². The Morgan fingerprint density at radius 1 is 1.31 bits per heavy atom. The lowest BCUT2D eigenvalue weighted by molar-refractivity contribution is 0.0426. The van der Waals surface area contributed by atoms with Crippen molar-refractivity contribution in [3.05, 3.63) is 23.0 Å². The highest BCUT2D eigenvalue weighted by molar-refractivity contribution is 8.00. The predicted molar refractivity (Wildman–Crippen MR) is 121 cm³/mol. The summed E-state index contributed by atoms with van der Waals surface area (Å²) in [7, 11) is 0. The largest absolute Gasteiger partial charge is 0.386 e. The van der Waals surface area contributed by atoms with Gasteiger partial charge in [-0.25, -0.2) is 0 Å². The van der Waals surface area contributed by atoms with Crippen LogP contribution in [0.15, 0.2) is 23.0 Å². The summed E-state index contributed by atoms with van der Waals surface area (Å²) in [6, 6.07) is 0. The average molecular weight is 422 g/mol. The minimum atomic E-state index is 0.165. The maximum Gasteiger partial charge on any atom is 0.148 e. The maximum atomic E-state index is 6.38. The molecule has 1 saturated carbocycles. The molecule has 2 heterocycles. The minimum Gasteiger partial charge on any atom is -0.386 e. The summed E-state index contributed by atoms with van der Waals surface area (Å²) in [5, 5.41) is 8.28. The lowest BCUT2D eigenvalue weighted by Gasteiger charge is -2.33. The molecule has 5 nitrogen and oxygen atoms in total. The quantitative estimate of drug-likeness (QED) is 0.451. The fourth-order valence-corrected chi connectivity index (χ4v) is 7.20. The van der Waals surface area contributed by atoms with Gasteiger partial charge < -0.3 is 25.8 Å². The van der Waals surface area contributed by atoms with Gasteiger partial charge in [0.1, 0.15) is 12.9 Å². The van der Waals surface area contributed by atoms with E-state index >= 15 is 0 Å². The van der Waals surface area contributed by atoms with Crippen molar-refractivity contribution in [3.8, 4) is 0 Å². The van der Waals surface area contributed by atoms with E-state index in [0.29, 0.717) is 34.5 Å². The van der Waals surface area contributed by atoms with Crippen molar-refractivity contribution in [2.45, 2.75) is 76.1 Å². The Kier molecular flexibility index (Phi) is 6.55. The molecule has 2 aliphatic heterocycles. The van der Waals surface area contributed by atoms with E-state index in [1.54, 1.807) is 0 Å². The molecule has 4 rings (SSSR count). The van der Waals surface area contributed by atoms with Crippen LogP contribution in [-0.4, -0.2) is 49.1 Å². The van der Waals surface area contributed by atoms with Gasteiger partial charge in [-0.2, -0.15) is 0 Å². The molecule has 4 N–H and O–H groups in total. The van der Waals surface area contributed by atoms with E-state index in [1.165, 1.54) is 24.0 Å². The Labute approximate surface area is 180 Å². The van der Waals surface area contributed by atoms with Gasteiger partial charge in [-0.05, 0) is 68.5 Å². The van der Waals surface area contributed by atoms with Crippen LogP contribution in [0.4, 0.5) is 0 Å². The Hall–Kier alpha value is -0.690. The molecule has 0 aromatic rings. The molecule has 2 aliphatic carbocycles. The van der Waals surface area contributed by atoms with Gasteiger partial charge in [0.2, 0.25) is 0 Å². The fourth-order valence-electron chi connectivity index (χ4n) is 5.38. The first-order valence-corrected chi connectivity index (χ1v) is 12.3. The Bertz CT molecular complexity index is 657. The summed E-state index contributed by atoms with van der Waals surface area (Å²) in [6.07, 6.45) is 7.36. The number of ether oxygens (including phenoxy) is 2. The second kappa shape index (κ2) is 8.81. The Balaban J connectivity index is 1.43. The van der Waals surface area contributed by atoms with Crippen LogP contribution >= 0.6 is 11.8 Å². The summed E-state index contributed by atoms with van der Waals surface area (Å²) in [4.78, 5) is 0. The zero-order chi connectivity index (χ0) is 20.6. The van der Waals surface area contributed by atoms with E-state index in [2.05, 4.69) is 56.2 Å². The third kappa shape index (κ3) is 4.97. The molecule has 6 unspecified atom stereocenters. The van der Waals surface area contributed by atoms with Gasteiger partial charge >= 0.3 is 0 Å². The highest BCUT2D eigenvalue weighted by Gasteiger charge is 2.44. The van der Waals surface area contributed by atoms with E-state index in [0.717, 1.165) is 38.3 Å². The predicted octanol–water partition coefficient (Wildman–Crippen LogP) is 3.37. The van der Waals surface area contributed by atoms with Crippen LogP contribution in [0.3, 0.4) is 0 Å². The summed E-state index contributed by atoms with van der Waals surface area (Å²) in [6.45, 7) is 12.8. The SMILES string of the molecule is CC1=CC2OCOC2CC1SC1CC2=C(N)NCCC2C1CCNCC(C)(C)C. The third-order valence-corrected chi connectivity index (χ3v) is 8.68. The fraction of sp³-hybridized carbons (Fsp3) is 0.826. The number of hydrogen-bond donors (Lipinski definition) is 3. The van der Waals surface area contributed by atoms with Gasteiger partial charge in [0, 0.05) is 17.0 Å². The van der Waals surface area contributed by atoms with Crippen molar-refractivity contribution in [3.63, 3.8) is 0 Å². The molecule has 4 aliphatic rings. The van der Waals surface area contributed by atoms with E-state index < -0.39 is 0 Å². The molecule has 0 spiro atoms. The molecular weight excluding hydrogens is 382 g/mol. The minimum absolute atomic E-state index is 0.165. The van der Waals surface area contributed by atoms with Crippen LogP contribution in [0.2, 0.25) is 0 Å². The van der Waals surface area contributed by atoms with E-state index in [4.69, 9.17) is 15.2 Å². The molecule has 0 bridgehead atoms. The van der Waals surface area contributed by atoms with Crippen molar-refractivity contribution < 1.29 is 9.47 Å². The van der Waals surface area contributed by atoms with E-state index in [-0.39, 0.29) is 12.2 Å². The number of fused-ring (bicyclic) bond motifs is 2. The number of thioether (sulfide) groups is 1. The molecule has 0 aromatic carbocycles. The van der Waals surface area contributed by atoms with Gasteiger partial charge in [-0.15, -0.1) is 11.8 Å². The maximum absolute atomic E-state index is 6.38. The number of hydrogen-bond acceptors (Lipinski definition) is 6. The third-order valence-electron chi connectivity index (χ3n) is 6.92. The first-order chi connectivity index (χ1) is 13.8. The number of rotatable bonds is 6. The van der Waals surface area contributed by atoms with Crippen molar-refractivity contribution in [1.82, 2.24) is 10.6 Å². The van der Waals surface area contributed by atoms with Crippen LogP contribution in [0.25, 0.3) is 0 Å². The number of nitrogens with two attached hydrogens (primary N) is 1. The topological polar surface area (TPSA) is 68.5 Å². The Morgan fingerprint density at radius 2 is 2.14 bits per heavy atom. The summed E-state index contributed by atoms with van der Waals surface area (Å²) in [5.74, 6) is 2.31. The molecular formula is C23H39N3O2S. The van der Waals surface area contributed by atoms with Crippen LogP contribution in [0, 0.1) is 17.3 Å². The van der Waals surface area contributed by atoms with Crippen molar-refractivity contribution >= 4 is 11.8 Å². The zero-order valence-electron chi connectivity index (χ0n) is 18.5. The van der Waals surface area contributed by atoms with Crippen LogP contribution in [0.5, 0.6) is 0 Å².